The number of ether oxygens (including phenoxy) is 1. The van der Waals surface area contributed by atoms with E-state index in [1.807, 2.05) is 36.4 Å². The number of hydrogen-bond acceptors (Lipinski definition) is 3. The van der Waals surface area contributed by atoms with Crippen LogP contribution in [-0.2, 0) is 6.54 Å². The SMILES string of the molecule is COc1ccc(NC(=S)N(Cc2cc3cc(C)c(C)cc3[nH]c2=O)C2CCCCC2)cc1. The van der Waals surface area contributed by atoms with Gasteiger partial charge >= 0.3 is 0 Å². The fourth-order valence-electron chi connectivity index (χ4n) is 4.45. The van der Waals surface area contributed by atoms with E-state index >= 15 is 0 Å². The van der Waals surface area contributed by atoms with Gasteiger partial charge in [0.1, 0.15) is 5.75 Å². The van der Waals surface area contributed by atoms with Crippen molar-refractivity contribution in [2.45, 2.75) is 58.5 Å². The van der Waals surface area contributed by atoms with E-state index in [1.54, 1.807) is 7.11 Å². The lowest BCUT2D eigenvalue weighted by molar-refractivity contribution is 0.240. The van der Waals surface area contributed by atoms with Gasteiger partial charge in [0.05, 0.1) is 13.7 Å². The molecule has 0 aliphatic heterocycles. The number of pyridine rings is 1. The third-order valence-corrected chi connectivity index (χ3v) is 6.83. The highest BCUT2D eigenvalue weighted by atomic mass is 32.1. The molecule has 6 heteroatoms. The minimum atomic E-state index is -0.0474. The van der Waals surface area contributed by atoms with Crippen LogP contribution in [0.5, 0.6) is 5.75 Å². The zero-order chi connectivity index (χ0) is 22.7. The fraction of sp³-hybridized carbons (Fsp3) is 0.385. The standard InChI is InChI=1S/C26H31N3O2S/c1-17-13-19-15-20(25(30)28-24(19)14-18(17)2)16-29(22-7-5-4-6-8-22)26(32)27-21-9-11-23(31-3)12-10-21/h9-15,22H,4-8,16H2,1-3H3,(H,27,32)(H,28,30). The fourth-order valence-corrected chi connectivity index (χ4v) is 4.78. The van der Waals surface area contributed by atoms with E-state index in [9.17, 15) is 4.79 Å². The van der Waals surface area contributed by atoms with Crippen molar-refractivity contribution in [2.24, 2.45) is 0 Å². The molecule has 1 saturated carbocycles. The maximum atomic E-state index is 12.9. The van der Waals surface area contributed by atoms with Crippen LogP contribution in [0.1, 0.15) is 48.8 Å². The molecule has 2 N–H and O–H groups in total. The van der Waals surface area contributed by atoms with Crippen molar-refractivity contribution in [2.75, 3.05) is 12.4 Å². The third kappa shape index (κ3) is 4.96. The minimum Gasteiger partial charge on any atom is -0.497 e. The van der Waals surface area contributed by atoms with Crippen molar-refractivity contribution >= 4 is 33.9 Å². The molecule has 1 aliphatic rings. The average Bonchev–Trinajstić information content (AvgIpc) is 2.80. The Kier molecular flexibility index (Phi) is 6.80. The van der Waals surface area contributed by atoms with Crippen LogP contribution in [0.15, 0.2) is 47.3 Å². The molecule has 3 aromatic rings. The van der Waals surface area contributed by atoms with Crippen molar-refractivity contribution in [3.63, 3.8) is 0 Å². The lowest BCUT2D eigenvalue weighted by atomic mass is 9.94. The topological polar surface area (TPSA) is 57.4 Å². The molecular formula is C26H31N3O2S. The van der Waals surface area contributed by atoms with Gasteiger partial charge < -0.3 is 19.9 Å². The summed E-state index contributed by atoms with van der Waals surface area (Å²) in [7, 11) is 1.65. The summed E-state index contributed by atoms with van der Waals surface area (Å²) in [5.41, 5.74) is 4.88. The average molecular weight is 450 g/mol. The molecular weight excluding hydrogens is 418 g/mol. The molecule has 0 spiro atoms. The molecule has 1 heterocycles. The maximum Gasteiger partial charge on any atom is 0.253 e. The molecule has 1 aliphatic carbocycles. The number of thiocarbonyl (C=S) groups is 1. The monoisotopic (exact) mass is 449 g/mol. The molecule has 0 amide bonds. The summed E-state index contributed by atoms with van der Waals surface area (Å²) in [6, 6.07) is 14.3. The number of aromatic nitrogens is 1. The quantitative estimate of drug-likeness (QED) is 0.491. The van der Waals surface area contributed by atoms with Crippen LogP contribution in [0.4, 0.5) is 5.69 Å². The van der Waals surface area contributed by atoms with Gasteiger partial charge in [0.25, 0.3) is 5.56 Å². The molecule has 32 heavy (non-hydrogen) atoms. The van der Waals surface area contributed by atoms with Gasteiger partial charge in [-0.3, -0.25) is 4.79 Å². The van der Waals surface area contributed by atoms with Crippen LogP contribution < -0.4 is 15.6 Å². The zero-order valence-corrected chi connectivity index (χ0v) is 19.8. The summed E-state index contributed by atoms with van der Waals surface area (Å²) in [4.78, 5) is 18.2. The van der Waals surface area contributed by atoms with Gasteiger partial charge in [0, 0.05) is 22.8 Å². The summed E-state index contributed by atoms with van der Waals surface area (Å²) in [6.07, 6.45) is 5.83. The van der Waals surface area contributed by atoms with Gasteiger partial charge in [-0.25, -0.2) is 0 Å². The highest BCUT2D eigenvalue weighted by Crippen LogP contribution is 2.26. The van der Waals surface area contributed by atoms with Crippen LogP contribution in [0.3, 0.4) is 0 Å². The molecule has 0 saturated heterocycles. The number of methoxy groups -OCH3 is 1. The van der Waals surface area contributed by atoms with Crippen molar-refractivity contribution in [1.82, 2.24) is 9.88 Å². The maximum absolute atomic E-state index is 12.9. The molecule has 0 radical (unpaired) electrons. The van der Waals surface area contributed by atoms with Crippen molar-refractivity contribution in [3.8, 4) is 5.75 Å². The molecule has 1 aromatic heterocycles. The highest BCUT2D eigenvalue weighted by Gasteiger charge is 2.24. The molecule has 0 unspecified atom stereocenters. The Morgan fingerprint density at radius 3 is 2.47 bits per heavy atom. The van der Waals surface area contributed by atoms with Crippen molar-refractivity contribution < 1.29 is 4.74 Å². The van der Waals surface area contributed by atoms with Gasteiger partial charge in [-0.1, -0.05) is 19.3 Å². The summed E-state index contributed by atoms with van der Waals surface area (Å²) in [6.45, 7) is 4.65. The number of benzene rings is 2. The Balaban J connectivity index is 1.62. The van der Waals surface area contributed by atoms with Crippen LogP contribution in [0, 0.1) is 13.8 Å². The van der Waals surface area contributed by atoms with E-state index in [1.165, 1.54) is 30.4 Å². The number of hydrogen-bond donors (Lipinski definition) is 2. The second-order valence-electron chi connectivity index (χ2n) is 8.73. The Hall–Kier alpha value is -2.86. The van der Waals surface area contributed by atoms with E-state index in [4.69, 9.17) is 17.0 Å². The molecule has 0 bridgehead atoms. The van der Waals surface area contributed by atoms with Crippen molar-refractivity contribution in [3.05, 3.63) is 69.5 Å². The molecule has 2 aromatic carbocycles. The van der Waals surface area contributed by atoms with Gasteiger partial charge in [0.2, 0.25) is 0 Å². The molecule has 4 rings (SSSR count). The predicted molar refractivity (Wildman–Crippen MR) is 136 cm³/mol. The number of fused-ring (bicyclic) bond motifs is 1. The first-order valence-electron chi connectivity index (χ1n) is 11.3. The second-order valence-corrected chi connectivity index (χ2v) is 9.11. The first-order chi connectivity index (χ1) is 15.4. The lowest BCUT2D eigenvalue weighted by Gasteiger charge is -2.36. The van der Waals surface area contributed by atoms with E-state index in [2.05, 4.69) is 35.1 Å². The molecule has 5 nitrogen and oxygen atoms in total. The Morgan fingerprint density at radius 1 is 1.09 bits per heavy atom. The number of rotatable bonds is 5. The first kappa shape index (κ1) is 22.3. The number of anilines is 1. The van der Waals surface area contributed by atoms with E-state index < -0.39 is 0 Å². The van der Waals surface area contributed by atoms with Crippen LogP contribution >= 0.6 is 12.2 Å². The number of nitrogens with zero attached hydrogens (tertiary/aromatic N) is 1. The largest absolute Gasteiger partial charge is 0.497 e. The Morgan fingerprint density at radius 2 is 1.78 bits per heavy atom. The van der Waals surface area contributed by atoms with Crippen molar-refractivity contribution in [1.29, 1.82) is 0 Å². The smallest absolute Gasteiger partial charge is 0.253 e. The Labute approximate surface area is 194 Å². The van der Waals surface area contributed by atoms with Gasteiger partial charge in [-0.2, -0.15) is 0 Å². The number of H-pyrrole nitrogens is 1. The normalized spacial score (nSPS) is 14.3. The van der Waals surface area contributed by atoms with Crippen LogP contribution in [0.25, 0.3) is 10.9 Å². The number of aryl methyl sites for hydroxylation is 2. The first-order valence-corrected chi connectivity index (χ1v) is 11.7. The summed E-state index contributed by atoms with van der Waals surface area (Å²) in [5, 5.41) is 5.08. The number of nitrogens with one attached hydrogen (secondary N) is 2. The molecule has 1 fully saturated rings. The minimum absolute atomic E-state index is 0.0474. The zero-order valence-electron chi connectivity index (χ0n) is 19.0. The van der Waals surface area contributed by atoms with Gasteiger partial charge in [-0.15, -0.1) is 0 Å². The summed E-state index contributed by atoms with van der Waals surface area (Å²) < 4.78 is 5.25. The van der Waals surface area contributed by atoms with Crippen LogP contribution in [-0.4, -0.2) is 28.1 Å². The predicted octanol–water partition coefficient (Wildman–Crippen LogP) is 5.69. The summed E-state index contributed by atoms with van der Waals surface area (Å²) in [5.74, 6) is 0.804. The van der Waals surface area contributed by atoms with E-state index in [0.717, 1.165) is 40.7 Å². The van der Waals surface area contributed by atoms with Crippen LogP contribution in [0.2, 0.25) is 0 Å². The molecule has 0 atom stereocenters. The van der Waals surface area contributed by atoms with Gasteiger partial charge in [-0.05, 0) is 97.9 Å². The highest BCUT2D eigenvalue weighted by molar-refractivity contribution is 7.80. The van der Waals surface area contributed by atoms with E-state index in [-0.39, 0.29) is 5.56 Å². The van der Waals surface area contributed by atoms with E-state index in [0.29, 0.717) is 17.7 Å². The third-order valence-electron chi connectivity index (χ3n) is 6.49. The Bertz CT molecular complexity index is 1160. The molecule has 168 valence electrons. The second kappa shape index (κ2) is 9.74. The number of aromatic amines is 1. The lowest BCUT2D eigenvalue weighted by Crippen LogP contribution is -2.44. The van der Waals surface area contributed by atoms with Gasteiger partial charge in [0.15, 0.2) is 5.11 Å². The summed E-state index contributed by atoms with van der Waals surface area (Å²) >= 11 is 5.85.